The van der Waals surface area contributed by atoms with Crippen molar-refractivity contribution in [3.63, 3.8) is 0 Å². The fourth-order valence-corrected chi connectivity index (χ4v) is 2.44. The molecule has 0 spiro atoms. The zero-order chi connectivity index (χ0) is 11.6. The second-order valence-electron chi connectivity index (χ2n) is 4.72. The molecule has 2 fully saturated rings. The predicted octanol–water partition coefficient (Wildman–Crippen LogP) is 1.81. The molecule has 2 saturated heterocycles. The highest BCUT2D eigenvalue weighted by molar-refractivity contribution is 5.85. The van der Waals surface area contributed by atoms with Crippen molar-refractivity contribution in [2.24, 2.45) is 0 Å². The van der Waals surface area contributed by atoms with E-state index in [1.165, 1.54) is 4.90 Å². The molecule has 0 saturated carbocycles. The molecule has 0 unspecified atom stereocenters. The molecular weight excluding hydrogens is 250 g/mol. The lowest BCUT2D eigenvalue weighted by atomic mass is 10.0. The number of carbonyl (C=O) groups is 1. The third kappa shape index (κ3) is 3.78. The summed E-state index contributed by atoms with van der Waals surface area (Å²) in [6.07, 6.45) is 3.18. The van der Waals surface area contributed by atoms with E-state index in [1.807, 2.05) is 0 Å². The Balaban J connectivity index is 0.00000144. The van der Waals surface area contributed by atoms with Gasteiger partial charge in [0.05, 0.1) is 12.6 Å². The molecule has 6 heteroatoms. The number of halogens is 3. The summed E-state index contributed by atoms with van der Waals surface area (Å²) in [5.74, 6) is -2.83. The first-order valence-corrected chi connectivity index (χ1v) is 5.98. The van der Waals surface area contributed by atoms with Crippen LogP contribution in [0.5, 0.6) is 0 Å². The average Bonchev–Trinajstić information content (AvgIpc) is 2.28. The maximum Gasteiger partial charge on any atom is 0.265 e. The van der Waals surface area contributed by atoms with Crippen LogP contribution in [0.25, 0.3) is 0 Å². The lowest BCUT2D eigenvalue weighted by Crippen LogP contribution is -2.53. The summed E-state index contributed by atoms with van der Waals surface area (Å²) in [6.45, 7) is 0.900. The quantitative estimate of drug-likeness (QED) is 0.787. The van der Waals surface area contributed by atoms with E-state index in [-0.39, 0.29) is 30.8 Å². The van der Waals surface area contributed by atoms with Crippen molar-refractivity contribution < 1.29 is 13.6 Å². The lowest BCUT2D eigenvalue weighted by molar-refractivity contribution is -0.144. The van der Waals surface area contributed by atoms with E-state index in [0.717, 1.165) is 25.8 Å². The van der Waals surface area contributed by atoms with Crippen LogP contribution in [-0.2, 0) is 4.79 Å². The van der Waals surface area contributed by atoms with Gasteiger partial charge >= 0.3 is 0 Å². The van der Waals surface area contributed by atoms with E-state index >= 15 is 0 Å². The van der Waals surface area contributed by atoms with Gasteiger partial charge in [-0.15, -0.1) is 12.4 Å². The van der Waals surface area contributed by atoms with Crippen LogP contribution in [0.3, 0.4) is 0 Å². The number of alkyl halides is 2. The van der Waals surface area contributed by atoms with Crippen LogP contribution in [-0.4, -0.2) is 42.4 Å². The predicted molar refractivity (Wildman–Crippen MR) is 63.7 cm³/mol. The third-order valence-corrected chi connectivity index (χ3v) is 3.31. The van der Waals surface area contributed by atoms with Crippen LogP contribution in [0.1, 0.15) is 32.1 Å². The maximum absolute atomic E-state index is 13.2. The standard InChI is InChI=1S/C11H18F2N2O.ClH/c12-11(13)5-3-7-15(8-11)10(16)9-4-1-2-6-14-9;/h9,14H,1-8H2;1H/t9-;/m0./s1. The molecule has 100 valence electrons. The summed E-state index contributed by atoms with van der Waals surface area (Å²) in [7, 11) is 0. The molecule has 17 heavy (non-hydrogen) atoms. The minimum Gasteiger partial charge on any atom is -0.335 e. The van der Waals surface area contributed by atoms with Crippen LogP contribution in [0, 0.1) is 0 Å². The molecular formula is C11H19ClF2N2O. The highest BCUT2D eigenvalue weighted by Gasteiger charge is 2.38. The molecule has 0 radical (unpaired) electrons. The van der Waals surface area contributed by atoms with E-state index in [4.69, 9.17) is 0 Å². The lowest BCUT2D eigenvalue weighted by Gasteiger charge is -2.35. The van der Waals surface area contributed by atoms with Gasteiger partial charge < -0.3 is 10.2 Å². The SMILES string of the molecule is Cl.O=C([C@@H]1CCCCN1)N1CCCC(F)(F)C1. The smallest absolute Gasteiger partial charge is 0.265 e. The van der Waals surface area contributed by atoms with Gasteiger partial charge in [0.25, 0.3) is 5.92 Å². The van der Waals surface area contributed by atoms with Gasteiger partial charge in [0.1, 0.15) is 0 Å². The molecule has 0 aliphatic carbocycles. The number of hydrogen-bond acceptors (Lipinski definition) is 2. The molecule has 2 heterocycles. The number of carbonyl (C=O) groups excluding carboxylic acids is 1. The normalized spacial score (nSPS) is 28.4. The molecule has 1 amide bonds. The zero-order valence-electron chi connectivity index (χ0n) is 9.75. The summed E-state index contributed by atoms with van der Waals surface area (Å²) in [6, 6.07) is -0.234. The number of nitrogens with zero attached hydrogens (tertiary/aromatic N) is 1. The van der Waals surface area contributed by atoms with Gasteiger partial charge in [-0.1, -0.05) is 6.42 Å². The van der Waals surface area contributed by atoms with Gasteiger partial charge in [0.2, 0.25) is 5.91 Å². The summed E-state index contributed by atoms with van der Waals surface area (Å²) in [4.78, 5) is 13.3. The first-order valence-electron chi connectivity index (χ1n) is 5.98. The van der Waals surface area contributed by atoms with Crippen LogP contribution in [0.15, 0.2) is 0 Å². The molecule has 0 aromatic carbocycles. The number of amides is 1. The fraction of sp³-hybridized carbons (Fsp3) is 0.909. The Morgan fingerprint density at radius 2 is 2.06 bits per heavy atom. The zero-order valence-corrected chi connectivity index (χ0v) is 10.6. The van der Waals surface area contributed by atoms with E-state index in [2.05, 4.69) is 5.32 Å². The first-order chi connectivity index (χ1) is 7.58. The Hall–Kier alpha value is -0.420. The minimum atomic E-state index is -2.69. The molecule has 0 aromatic rings. The second-order valence-corrected chi connectivity index (χ2v) is 4.72. The molecule has 1 N–H and O–H groups in total. The highest BCUT2D eigenvalue weighted by Crippen LogP contribution is 2.27. The van der Waals surface area contributed by atoms with Gasteiger partial charge in [-0.3, -0.25) is 4.79 Å². The van der Waals surface area contributed by atoms with Crippen molar-refractivity contribution in [1.29, 1.82) is 0 Å². The molecule has 2 aliphatic heterocycles. The average molecular weight is 269 g/mol. The van der Waals surface area contributed by atoms with E-state index in [1.54, 1.807) is 0 Å². The van der Waals surface area contributed by atoms with E-state index < -0.39 is 12.5 Å². The maximum atomic E-state index is 13.2. The minimum absolute atomic E-state index is 0. The van der Waals surface area contributed by atoms with Crippen LogP contribution < -0.4 is 5.32 Å². The van der Waals surface area contributed by atoms with Crippen molar-refractivity contribution in [3.05, 3.63) is 0 Å². The summed E-state index contributed by atoms with van der Waals surface area (Å²) >= 11 is 0. The first kappa shape index (κ1) is 14.6. The molecule has 1 atom stereocenters. The molecule has 0 bridgehead atoms. The van der Waals surface area contributed by atoms with Gasteiger partial charge in [-0.25, -0.2) is 8.78 Å². The molecule has 2 aliphatic rings. The number of rotatable bonds is 1. The van der Waals surface area contributed by atoms with Gasteiger partial charge in [0.15, 0.2) is 0 Å². The molecule has 0 aromatic heterocycles. The Bertz CT molecular complexity index is 270. The van der Waals surface area contributed by atoms with Gasteiger partial charge in [-0.05, 0) is 25.8 Å². The summed E-state index contributed by atoms with van der Waals surface area (Å²) in [5.41, 5.74) is 0. The Morgan fingerprint density at radius 3 is 2.65 bits per heavy atom. The summed E-state index contributed by atoms with van der Waals surface area (Å²) < 4.78 is 26.3. The van der Waals surface area contributed by atoms with Crippen molar-refractivity contribution in [1.82, 2.24) is 10.2 Å². The van der Waals surface area contributed by atoms with E-state index in [9.17, 15) is 13.6 Å². The largest absolute Gasteiger partial charge is 0.335 e. The Kier molecular flexibility index (Phi) is 5.13. The number of hydrogen-bond donors (Lipinski definition) is 1. The molecule has 3 nitrogen and oxygen atoms in total. The van der Waals surface area contributed by atoms with Crippen molar-refractivity contribution in [2.75, 3.05) is 19.6 Å². The van der Waals surface area contributed by atoms with Crippen molar-refractivity contribution in [3.8, 4) is 0 Å². The van der Waals surface area contributed by atoms with E-state index in [0.29, 0.717) is 13.0 Å². The van der Waals surface area contributed by atoms with Gasteiger partial charge in [-0.2, -0.15) is 0 Å². The van der Waals surface area contributed by atoms with Crippen LogP contribution in [0.2, 0.25) is 0 Å². The van der Waals surface area contributed by atoms with Crippen molar-refractivity contribution in [2.45, 2.75) is 44.1 Å². The highest BCUT2D eigenvalue weighted by atomic mass is 35.5. The van der Waals surface area contributed by atoms with Crippen molar-refractivity contribution >= 4 is 18.3 Å². The second kappa shape index (κ2) is 5.96. The summed E-state index contributed by atoms with van der Waals surface area (Å²) in [5, 5.41) is 3.11. The molecule has 2 rings (SSSR count). The third-order valence-electron chi connectivity index (χ3n) is 3.31. The number of likely N-dealkylation sites (tertiary alicyclic amines) is 1. The van der Waals surface area contributed by atoms with Gasteiger partial charge in [0, 0.05) is 13.0 Å². The number of nitrogens with one attached hydrogen (secondary N) is 1. The number of piperidine rings is 2. The Labute approximate surface area is 106 Å². The topological polar surface area (TPSA) is 32.3 Å². The van der Waals surface area contributed by atoms with Crippen LogP contribution >= 0.6 is 12.4 Å². The monoisotopic (exact) mass is 268 g/mol. The Morgan fingerprint density at radius 1 is 1.29 bits per heavy atom. The van der Waals surface area contributed by atoms with Crippen LogP contribution in [0.4, 0.5) is 8.78 Å². The fourth-order valence-electron chi connectivity index (χ4n) is 2.44.